The summed E-state index contributed by atoms with van der Waals surface area (Å²) in [6.45, 7) is 3.68. The van der Waals surface area contributed by atoms with Crippen molar-refractivity contribution < 1.29 is 14.7 Å². The summed E-state index contributed by atoms with van der Waals surface area (Å²) >= 11 is 0. The molecule has 5 atom stereocenters. The minimum Gasteiger partial charge on any atom is -0.480 e. The first-order valence-electron chi connectivity index (χ1n) is 8.22. The minimum absolute atomic E-state index is 0.0681. The van der Waals surface area contributed by atoms with Crippen molar-refractivity contribution in [2.24, 2.45) is 23.7 Å². The first kappa shape index (κ1) is 14.7. The van der Waals surface area contributed by atoms with E-state index in [-0.39, 0.29) is 18.0 Å². The number of aliphatic carboxylic acids is 1. The molecule has 118 valence electrons. The number of rotatable bonds is 5. The molecule has 0 heterocycles. The fourth-order valence-corrected chi connectivity index (χ4v) is 4.48. The molecule has 0 spiro atoms. The standard InChI is InChI=1S/C16H26N2O3/c1-9(13-8-10-3-4-11(13)7-10)17-15(21)18-16(2,14(19)20)12-5-6-12/h9-13H,3-8H2,1-2H3,(H,19,20)(H2,17,18,21). The molecule has 3 fully saturated rings. The summed E-state index contributed by atoms with van der Waals surface area (Å²) in [6, 6.07) is -0.209. The lowest BCUT2D eigenvalue weighted by Crippen LogP contribution is -2.58. The van der Waals surface area contributed by atoms with Gasteiger partial charge in [-0.25, -0.2) is 9.59 Å². The summed E-state index contributed by atoms with van der Waals surface area (Å²) < 4.78 is 0. The Balaban J connectivity index is 1.55. The lowest BCUT2D eigenvalue weighted by atomic mass is 9.84. The Morgan fingerprint density at radius 3 is 2.38 bits per heavy atom. The van der Waals surface area contributed by atoms with Gasteiger partial charge in [-0.1, -0.05) is 6.42 Å². The molecule has 5 unspecified atom stereocenters. The monoisotopic (exact) mass is 294 g/mol. The molecule has 3 rings (SSSR count). The average molecular weight is 294 g/mol. The highest BCUT2D eigenvalue weighted by atomic mass is 16.4. The van der Waals surface area contributed by atoms with Crippen LogP contribution < -0.4 is 10.6 Å². The third-order valence-corrected chi connectivity index (χ3v) is 6.01. The van der Waals surface area contributed by atoms with E-state index in [1.165, 1.54) is 25.7 Å². The van der Waals surface area contributed by atoms with Gasteiger partial charge in [0, 0.05) is 6.04 Å². The van der Waals surface area contributed by atoms with Crippen LogP contribution in [0.1, 0.15) is 52.4 Å². The number of nitrogens with one attached hydrogen (secondary N) is 2. The van der Waals surface area contributed by atoms with Crippen LogP contribution in [0.4, 0.5) is 4.79 Å². The Bertz CT molecular complexity index is 449. The van der Waals surface area contributed by atoms with E-state index in [1.54, 1.807) is 6.92 Å². The van der Waals surface area contributed by atoms with Gasteiger partial charge < -0.3 is 15.7 Å². The maximum absolute atomic E-state index is 12.2. The summed E-state index contributed by atoms with van der Waals surface area (Å²) in [7, 11) is 0. The van der Waals surface area contributed by atoms with E-state index < -0.39 is 11.5 Å². The van der Waals surface area contributed by atoms with Gasteiger partial charge in [0.25, 0.3) is 0 Å². The summed E-state index contributed by atoms with van der Waals surface area (Å²) in [4.78, 5) is 23.6. The zero-order valence-electron chi connectivity index (χ0n) is 12.9. The van der Waals surface area contributed by atoms with Crippen LogP contribution in [0.15, 0.2) is 0 Å². The normalized spacial score (nSPS) is 35.0. The predicted molar refractivity (Wildman–Crippen MR) is 78.8 cm³/mol. The zero-order valence-corrected chi connectivity index (χ0v) is 12.9. The Hall–Kier alpha value is -1.26. The van der Waals surface area contributed by atoms with Crippen molar-refractivity contribution in [3.63, 3.8) is 0 Å². The molecule has 3 N–H and O–H groups in total. The molecule has 5 heteroatoms. The number of carbonyl (C=O) groups excluding carboxylic acids is 1. The van der Waals surface area contributed by atoms with Crippen LogP contribution in [0.5, 0.6) is 0 Å². The number of hydrogen-bond acceptors (Lipinski definition) is 2. The summed E-state index contributed by atoms with van der Waals surface area (Å²) in [5, 5.41) is 15.1. The lowest BCUT2D eigenvalue weighted by Gasteiger charge is -2.31. The van der Waals surface area contributed by atoms with Crippen LogP contribution in [0, 0.1) is 23.7 Å². The summed E-state index contributed by atoms with van der Waals surface area (Å²) in [6.07, 6.45) is 6.92. The number of fused-ring (bicyclic) bond motifs is 2. The van der Waals surface area contributed by atoms with Crippen molar-refractivity contribution in [3.05, 3.63) is 0 Å². The highest BCUT2D eigenvalue weighted by molar-refractivity contribution is 5.86. The van der Waals surface area contributed by atoms with E-state index in [9.17, 15) is 14.7 Å². The number of carboxylic acid groups (broad SMARTS) is 1. The molecule has 21 heavy (non-hydrogen) atoms. The highest BCUT2D eigenvalue weighted by Crippen LogP contribution is 2.49. The Labute approximate surface area is 125 Å². The van der Waals surface area contributed by atoms with E-state index in [0.717, 1.165) is 24.7 Å². The topological polar surface area (TPSA) is 78.4 Å². The number of urea groups is 1. The van der Waals surface area contributed by atoms with Crippen molar-refractivity contribution in [1.82, 2.24) is 10.6 Å². The van der Waals surface area contributed by atoms with Gasteiger partial charge in [0.15, 0.2) is 0 Å². The van der Waals surface area contributed by atoms with Gasteiger partial charge in [-0.3, -0.25) is 0 Å². The van der Waals surface area contributed by atoms with Gasteiger partial charge in [0.2, 0.25) is 0 Å². The second kappa shape index (κ2) is 5.18. The van der Waals surface area contributed by atoms with Crippen LogP contribution in [-0.2, 0) is 4.79 Å². The fourth-order valence-electron chi connectivity index (χ4n) is 4.48. The average Bonchev–Trinajstić information content (AvgIpc) is 3.07. The first-order chi connectivity index (χ1) is 9.90. The van der Waals surface area contributed by atoms with Gasteiger partial charge in [-0.2, -0.15) is 0 Å². The molecule has 0 aromatic carbocycles. The third kappa shape index (κ3) is 2.74. The molecule has 0 aliphatic heterocycles. The second-order valence-corrected chi connectivity index (χ2v) is 7.51. The molecular formula is C16H26N2O3. The molecule has 0 aromatic heterocycles. The minimum atomic E-state index is -1.13. The Kier molecular flexibility index (Phi) is 3.62. The number of carboxylic acids is 1. The van der Waals surface area contributed by atoms with Crippen molar-refractivity contribution in [2.75, 3.05) is 0 Å². The van der Waals surface area contributed by atoms with Gasteiger partial charge >= 0.3 is 12.0 Å². The van der Waals surface area contributed by atoms with Crippen molar-refractivity contribution in [2.45, 2.75) is 64.0 Å². The molecule has 3 saturated carbocycles. The van der Waals surface area contributed by atoms with Crippen LogP contribution >= 0.6 is 0 Å². The SMILES string of the molecule is CC(NC(=O)NC(C)(C(=O)O)C1CC1)C1CC2CCC1C2. The molecule has 0 aromatic rings. The van der Waals surface area contributed by atoms with Crippen molar-refractivity contribution >= 4 is 12.0 Å². The van der Waals surface area contributed by atoms with Gasteiger partial charge in [-0.05, 0) is 69.6 Å². The maximum atomic E-state index is 12.2. The van der Waals surface area contributed by atoms with Crippen molar-refractivity contribution in [3.8, 4) is 0 Å². The van der Waals surface area contributed by atoms with E-state index >= 15 is 0 Å². The summed E-state index contributed by atoms with van der Waals surface area (Å²) in [5.74, 6) is 1.29. The molecule has 2 amide bonds. The fraction of sp³-hybridized carbons (Fsp3) is 0.875. The predicted octanol–water partition coefficient (Wildman–Crippen LogP) is 2.36. The molecular weight excluding hydrogens is 268 g/mol. The Morgan fingerprint density at radius 2 is 1.90 bits per heavy atom. The molecule has 0 saturated heterocycles. The van der Waals surface area contributed by atoms with Gasteiger partial charge in [-0.15, -0.1) is 0 Å². The number of amides is 2. The maximum Gasteiger partial charge on any atom is 0.329 e. The molecule has 3 aliphatic carbocycles. The van der Waals surface area contributed by atoms with E-state index in [0.29, 0.717) is 5.92 Å². The molecule has 3 aliphatic rings. The molecule has 0 radical (unpaired) electrons. The van der Waals surface area contributed by atoms with Crippen LogP contribution in [0.3, 0.4) is 0 Å². The highest BCUT2D eigenvalue weighted by Gasteiger charge is 2.49. The van der Waals surface area contributed by atoms with Crippen LogP contribution in [0.2, 0.25) is 0 Å². The van der Waals surface area contributed by atoms with E-state index in [1.807, 2.05) is 0 Å². The first-order valence-corrected chi connectivity index (χ1v) is 8.22. The number of hydrogen-bond donors (Lipinski definition) is 3. The lowest BCUT2D eigenvalue weighted by molar-refractivity contribution is -0.144. The molecule has 5 nitrogen and oxygen atoms in total. The van der Waals surface area contributed by atoms with E-state index in [2.05, 4.69) is 17.6 Å². The van der Waals surface area contributed by atoms with Gasteiger partial charge in [0.1, 0.15) is 5.54 Å². The molecule has 2 bridgehead atoms. The quantitative estimate of drug-likeness (QED) is 0.728. The van der Waals surface area contributed by atoms with Crippen molar-refractivity contribution in [1.29, 1.82) is 0 Å². The zero-order chi connectivity index (χ0) is 15.2. The largest absolute Gasteiger partial charge is 0.480 e. The van der Waals surface area contributed by atoms with Crippen LogP contribution in [0.25, 0.3) is 0 Å². The second-order valence-electron chi connectivity index (χ2n) is 7.51. The summed E-state index contributed by atoms with van der Waals surface area (Å²) in [5.41, 5.74) is -1.13. The smallest absolute Gasteiger partial charge is 0.329 e. The van der Waals surface area contributed by atoms with Crippen LogP contribution in [-0.4, -0.2) is 28.7 Å². The van der Waals surface area contributed by atoms with Gasteiger partial charge in [0.05, 0.1) is 0 Å². The third-order valence-electron chi connectivity index (χ3n) is 6.01. The Morgan fingerprint density at radius 1 is 1.19 bits per heavy atom. The van der Waals surface area contributed by atoms with E-state index in [4.69, 9.17) is 0 Å². The number of carbonyl (C=O) groups is 2.